The van der Waals surface area contributed by atoms with Gasteiger partial charge in [-0.1, -0.05) is 10.4 Å². The fourth-order valence-corrected chi connectivity index (χ4v) is 3.22. The van der Waals surface area contributed by atoms with Gasteiger partial charge in [-0.25, -0.2) is 4.68 Å². The molecule has 3 aromatic rings. The van der Waals surface area contributed by atoms with Gasteiger partial charge in [0.15, 0.2) is 5.76 Å². The van der Waals surface area contributed by atoms with E-state index in [0.717, 1.165) is 25.2 Å². The summed E-state index contributed by atoms with van der Waals surface area (Å²) in [5, 5.41) is 12.6. The average Bonchev–Trinajstić information content (AvgIpc) is 3.10. The van der Waals surface area contributed by atoms with E-state index in [4.69, 9.17) is 8.94 Å². The monoisotopic (exact) mass is 326 g/mol. The summed E-state index contributed by atoms with van der Waals surface area (Å²) in [6, 6.07) is 4.00. The first kappa shape index (κ1) is 13.9. The van der Waals surface area contributed by atoms with Crippen LogP contribution in [-0.2, 0) is 6.54 Å². The van der Waals surface area contributed by atoms with Crippen molar-refractivity contribution in [1.29, 1.82) is 0 Å². The molecule has 1 atom stereocenters. The summed E-state index contributed by atoms with van der Waals surface area (Å²) >= 11 is 0. The fraction of sp³-hybridized carbons (Fsp3) is 0.500. The van der Waals surface area contributed by atoms with Crippen LogP contribution >= 0.6 is 0 Å². The highest BCUT2D eigenvalue weighted by atomic mass is 16.5. The van der Waals surface area contributed by atoms with Gasteiger partial charge in [0.05, 0.1) is 24.5 Å². The van der Waals surface area contributed by atoms with E-state index < -0.39 is 0 Å². The number of likely N-dealkylation sites (tertiary alicyclic amines) is 1. The van der Waals surface area contributed by atoms with Crippen molar-refractivity contribution >= 4 is 0 Å². The largest absolute Gasteiger partial charge is 0.461 e. The fourth-order valence-electron chi connectivity index (χ4n) is 3.22. The number of rotatable bonds is 5. The first-order valence-electron chi connectivity index (χ1n) is 8.36. The summed E-state index contributed by atoms with van der Waals surface area (Å²) < 4.78 is 12.6. The van der Waals surface area contributed by atoms with Gasteiger partial charge in [-0.05, 0) is 31.4 Å². The standard InChI is InChI=1S/C16H18N6O2/c1-2-14(23-7-1)16-17-15(24-19-16)10-21-6-5-12(8-21)22-9-13(18-20-22)11-3-4-11/h1-2,7,9,11-12H,3-6,8,10H2. The Bertz CT molecular complexity index is 819. The first-order valence-corrected chi connectivity index (χ1v) is 8.36. The van der Waals surface area contributed by atoms with Crippen molar-refractivity contribution in [2.24, 2.45) is 0 Å². The molecule has 3 aromatic heterocycles. The van der Waals surface area contributed by atoms with Crippen LogP contribution in [0.5, 0.6) is 0 Å². The maximum atomic E-state index is 5.34. The van der Waals surface area contributed by atoms with E-state index in [1.807, 2.05) is 16.8 Å². The molecule has 2 aliphatic rings. The number of nitrogens with zero attached hydrogens (tertiary/aromatic N) is 6. The lowest BCUT2D eigenvalue weighted by Crippen LogP contribution is -2.21. The van der Waals surface area contributed by atoms with Gasteiger partial charge < -0.3 is 8.94 Å². The van der Waals surface area contributed by atoms with E-state index in [-0.39, 0.29) is 0 Å². The molecule has 4 heterocycles. The molecule has 0 spiro atoms. The molecule has 0 radical (unpaired) electrons. The van der Waals surface area contributed by atoms with E-state index in [2.05, 4.69) is 31.5 Å². The molecule has 1 unspecified atom stereocenters. The Morgan fingerprint density at radius 3 is 3.04 bits per heavy atom. The molecule has 124 valence electrons. The molecule has 0 amide bonds. The van der Waals surface area contributed by atoms with Crippen LogP contribution in [0.4, 0.5) is 0 Å². The summed E-state index contributed by atoms with van der Waals surface area (Å²) in [7, 11) is 0. The van der Waals surface area contributed by atoms with Gasteiger partial charge in [-0.3, -0.25) is 4.90 Å². The Morgan fingerprint density at radius 1 is 1.25 bits per heavy atom. The number of hydrogen-bond donors (Lipinski definition) is 0. The van der Waals surface area contributed by atoms with Crippen LogP contribution in [0.15, 0.2) is 33.5 Å². The summed E-state index contributed by atoms with van der Waals surface area (Å²) in [5.41, 5.74) is 1.15. The first-order chi connectivity index (χ1) is 11.8. The van der Waals surface area contributed by atoms with Crippen molar-refractivity contribution in [3.8, 4) is 11.6 Å². The van der Waals surface area contributed by atoms with Crippen molar-refractivity contribution in [2.45, 2.75) is 37.8 Å². The van der Waals surface area contributed by atoms with Crippen molar-refractivity contribution in [3.63, 3.8) is 0 Å². The summed E-state index contributed by atoms with van der Waals surface area (Å²) in [6.07, 6.45) is 7.29. The predicted octanol–water partition coefficient (Wildman–Crippen LogP) is 2.25. The van der Waals surface area contributed by atoms with E-state index in [1.165, 1.54) is 12.8 Å². The van der Waals surface area contributed by atoms with Crippen LogP contribution in [0.3, 0.4) is 0 Å². The second kappa shape index (κ2) is 5.55. The van der Waals surface area contributed by atoms with Gasteiger partial charge in [0.2, 0.25) is 11.7 Å². The van der Waals surface area contributed by atoms with Gasteiger partial charge in [0.1, 0.15) is 0 Å². The maximum Gasteiger partial charge on any atom is 0.241 e. The van der Waals surface area contributed by atoms with Gasteiger partial charge in [-0.15, -0.1) is 5.10 Å². The molecule has 1 aliphatic carbocycles. The molecule has 0 aromatic carbocycles. The Labute approximate surface area is 138 Å². The Morgan fingerprint density at radius 2 is 2.21 bits per heavy atom. The van der Waals surface area contributed by atoms with Crippen LogP contribution in [0.1, 0.15) is 42.8 Å². The molecule has 24 heavy (non-hydrogen) atoms. The summed E-state index contributed by atoms with van der Waals surface area (Å²) in [6.45, 7) is 2.56. The minimum absolute atomic E-state index is 0.373. The molecule has 1 saturated carbocycles. The molecular formula is C16H18N6O2. The highest BCUT2D eigenvalue weighted by molar-refractivity contribution is 5.44. The van der Waals surface area contributed by atoms with Crippen molar-refractivity contribution in [3.05, 3.63) is 36.2 Å². The minimum Gasteiger partial charge on any atom is -0.461 e. The van der Waals surface area contributed by atoms with Gasteiger partial charge in [-0.2, -0.15) is 4.98 Å². The normalized spacial score (nSPS) is 21.6. The smallest absolute Gasteiger partial charge is 0.241 e. The molecule has 8 nitrogen and oxygen atoms in total. The van der Waals surface area contributed by atoms with E-state index in [9.17, 15) is 0 Å². The lowest BCUT2D eigenvalue weighted by Gasteiger charge is -2.13. The minimum atomic E-state index is 0.373. The quantitative estimate of drug-likeness (QED) is 0.710. The Balaban J connectivity index is 1.23. The molecule has 5 rings (SSSR count). The Hall–Kier alpha value is -2.48. The van der Waals surface area contributed by atoms with Crippen LogP contribution in [0, 0.1) is 0 Å². The SMILES string of the molecule is c1coc(-c2noc(CN3CCC(n4cc(C5CC5)nn4)C3)n2)c1. The van der Waals surface area contributed by atoms with Gasteiger partial charge in [0, 0.05) is 25.2 Å². The number of furan rings is 1. The highest BCUT2D eigenvalue weighted by Crippen LogP contribution is 2.39. The van der Waals surface area contributed by atoms with Crippen LogP contribution in [-0.4, -0.2) is 43.1 Å². The molecule has 1 aliphatic heterocycles. The van der Waals surface area contributed by atoms with Gasteiger partial charge >= 0.3 is 0 Å². The molecule has 0 N–H and O–H groups in total. The van der Waals surface area contributed by atoms with Crippen LogP contribution < -0.4 is 0 Å². The zero-order valence-electron chi connectivity index (χ0n) is 13.2. The zero-order valence-corrected chi connectivity index (χ0v) is 13.2. The van der Waals surface area contributed by atoms with Gasteiger partial charge in [0.25, 0.3) is 0 Å². The van der Waals surface area contributed by atoms with Crippen LogP contribution in [0.25, 0.3) is 11.6 Å². The third-order valence-electron chi connectivity index (χ3n) is 4.71. The molecule has 0 bridgehead atoms. The topological polar surface area (TPSA) is 86.0 Å². The molecular weight excluding hydrogens is 308 g/mol. The van der Waals surface area contributed by atoms with E-state index >= 15 is 0 Å². The lowest BCUT2D eigenvalue weighted by atomic mass is 10.2. The number of aromatic nitrogens is 5. The third kappa shape index (κ3) is 2.62. The Kier molecular flexibility index (Phi) is 3.22. The maximum absolute atomic E-state index is 5.34. The highest BCUT2D eigenvalue weighted by Gasteiger charge is 2.30. The molecule has 2 fully saturated rings. The van der Waals surface area contributed by atoms with Crippen LogP contribution in [0.2, 0.25) is 0 Å². The predicted molar refractivity (Wildman–Crippen MR) is 82.9 cm³/mol. The summed E-state index contributed by atoms with van der Waals surface area (Å²) in [4.78, 5) is 6.71. The van der Waals surface area contributed by atoms with E-state index in [0.29, 0.717) is 36.0 Å². The average molecular weight is 326 g/mol. The summed E-state index contributed by atoms with van der Waals surface area (Å²) in [5.74, 6) is 2.38. The van der Waals surface area contributed by atoms with Crippen molar-refractivity contribution in [1.82, 2.24) is 30.0 Å². The van der Waals surface area contributed by atoms with Crippen molar-refractivity contribution in [2.75, 3.05) is 13.1 Å². The zero-order chi connectivity index (χ0) is 15.9. The second-order valence-corrected chi connectivity index (χ2v) is 6.56. The molecule has 8 heteroatoms. The van der Waals surface area contributed by atoms with E-state index in [1.54, 1.807) is 6.26 Å². The lowest BCUT2D eigenvalue weighted by molar-refractivity contribution is 0.258. The molecule has 1 saturated heterocycles. The van der Waals surface area contributed by atoms with Crippen molar-refractivity contribution < 1.29 is 8.94 Å². The number of hydrogen-bond acceptors (Lipinski definition) is 7. The third-order valence-corrected chi connectivity index (χ3v) is 4.71. The second-order valence-electron chi connectivity index (χ2n) is 6.56.